The fourth-order valence-corrected chi connectivity index (χ4v) is 11.5. The first-order chi connectivity index (χ1) is 18.0. The standard InChI is InChI=1S/C31H64O5Si2.CH4/c1-31(2,37(4,5)27-23-19-15-12-9-13-17-21-25-30(33)34-3)36-38(6,7)28-24-20-16-11-8-10-14-18-22-26-35-29-32;/h29H,8-28H2,1-7H3;1H4. The van der Waals surface area contributed by atoms with Crippen molar-refractivity contribution >= 4 is 28.8 Å². The molecule has 0 unspecified atom stereocenters. The van der Waals surface area contributed by atoms with Gasteiger partial charge in [-0.15, -0.1) is 0 Å². The molecular weight excluding hydrogens is 521 g/mol. The van der Waals surface area contributed by atoms with E-state index in [1.54, 1.807) is 0 Å². The van der Waals surface area contributed by atoms with Crippen molar-refractivity contribution in [2.75, 3.05) is 13.7 Å². The van der Waals surface area contributed by atoms with Crippen molar-refractivity contribution in [2.45, 2.75) is 180 Å². The number of hydrogen-bond acceptors (Lipinski definition) is 5. The fraction of sp³-hybridized carbons (Fsp3) is 0.938. The topological polar surface area (TPSA) is 61.8 Å². The summed E-state index contributed by atoms with van der Waals surface area (Å²) in [6, 6.07) is 2.63. The van der Waals surface area contributed by atoms with E-state index in [2.05, 4.69) is 40.0 Å². The first kappa shape index (κ1) is 40.5. The van der Waals surface area contributed by atoms with Gasteiger partial charge >= 0.3 is 5.97 Å². The molecule has 39 heavy (non-hydrogen) atoms. The maximum Gasteiger partial charge on any atom is 0.305 e. The normalized spacial score (nSPS) is 12.2. The van der Waals surface area contributed by atoms with Crippen molar-refractivity contribution in [3.63, 3.8) is 0 Å². The van der Waals surface area contributed by atoms with Gasteiger partial charge in [-0.2, -0.15) is 0 Å². The Morgan fingerprint density at radius 1 is 0.667 bits per heavy atom. The Hall–Kier alpha value is -0.666. The number of carbonyl (C=O) groups excluding carboxylic acids is 2. The number of ether oxygens (including phenoxy) is 2. The van der Waals surface area contributed by atoms with E-state index >= 15 is 0 Å². The molecule has 0 aromatic heterocycles. The van der Waals surface area contributed by atoms with Gasteiger partial charge in [0.2, 0.25) is 0 Å². The van der Waals surface area contributed by atoms with E-state index in [0.29, 0.717) is 19.5 Å². The highest BCUT2D eigenvalue weighted by Gasteiger charge is 2.43. The van der Waals surface area contributed by atoms with Crippen LogP contribution in [0.2, 0.25) is 38.3 Å². The molecule has 5 nitrogen and oxygen atoms in total. The van der Waals surface area contributed by atoms with Gasteiger partial charge in [-0.3, -0.25) is 9.59 Å². The molecule has 7 heteroatoms. The molecule has 234 valence electrons. The van der Waals surface area contributed by atoms with E-state index in [9.17, 15) is 9.59 Å². The number of rotatable bonds is 27. The third-order valence-electron chi connectivity index (χ3n) is 8.43. The monoisotopic (exact) mass is 588 g/mol. The first-order valence-electron chi connectivity index (χ1n) is 15.8. The quantitative estimate of drug-likeness (QED) is 0.0413. The minimum Gasteiger partial charge on any atom is -0.469 e. The zero-order valence-electron chi connectivity index (χ0n) is 26.5. The Labute approximate surface area is 246 Å². The van der Waals surface area contributed by atoms with Gasteiger partial charge in [0.1, 0.15) is 0 Å². The van der Waals surface area contributed by atoms with E-state index in [1.165, 1.54) is 109 Å². The highest BCUT2D eigenvalue weighted by molar-refractivity contribution is 6.81. The number of methoxy groups -OCH3 is 1. The molecule has 0 amide bonds. The second kappa shape index (κ2) is 24.0. The van der Waals surface area contributed by atoms with Gasteiger partial charge in [0.15, 0.2) is 8.32 Å². The summed E-state index contributed by atoms with van der Waals surface area (Å²) in [5.74, 6) is -0.0796. The van der Waals surface area contributed by atoms with Crippen molar-refractivity contribution in [1.29, 1.82) is 0 Å². The third kappa shape index (κ3) is 22.7. The van der Waals surface area contributed by atoms with Crippen LogP contribution < -0.4 is 0 Å². The van der Waals surface area contributed by atoms with Crippen molar-refractivity contribution in [1.82, 2.24) is 0 Å². The van der Waals surface area contributed by atoms with Crippen LogP contribution in [0.1, 0.15) is 137 Å². The van der Waals surface area contributed by atoms with Crippen LogP contribution in [0.5, 0.6) is 0 Å². The Bertz CT molecular complexity index is 593. The van der Waals surface area contributed by atoms with Crippen molar-refractivity contribution in [3.8, 4) is 0 Å². The van der Waals surface area contributed by atoms with E-state index < -0.39 is 16.4 Å². The maximum absolute atomic E-state index is 11.1. The average Bonchev–Trinajstić information content (AvgIpc) is 2.84. The van der Waals surface area contributed by atoms with Gasteiger partial charge in [-0.25, -0.2) is 0 Å². The summed E-state index contributed by atoms with van der Waals surface area (Å²) in [4.78, 5) is 21.3. The molecule has 0 fully saturated rings. The molecule has 0 aromatic rings. The molecule has 0 heterocycles. The average molecular weight is 589 g/mol. The molecule has 0 saturated carbocycles. The van der Waals surface area contributed by atoms with Crippen LogP contribution in [0, 0.1) is 0 Å². The van der Waals surface area contributed by atoms with Gasteiger partial charge in [-0.1, -0.05) is 123 Å². The summed E-state index contributed by atoms with van der Waals surface area (Å²) in [6.45, 7) is 15.8. The van der Waals surface area contributed by atoms with Crippen molar-refractivity contribution < 1.29 is 23.5 Å². The van der Waals surface area contributed by atoms with Crippen LogP contribution in [-0.2, 0) is 23.5 Å². The van der Waals surface area contributed by atoms with Crippen LogP contribution in [0.4, 0.5) is 0 Å². The highest BCUT2D eigenvalue weighted by atomic mass is 28.4. The second-order valence-electron chi connectivity index (χ2n) is 13.1. The molecule has 0 aliphatic rings. The molecule has 0 aromatic carbocycles. The van der Waals surface area contributed by atoms with Gasteiger partial charge in [0, 0.05) is 11.6 Å². The predicted molar refractivity (Wildman–Crippen MR) is 174 cm³/mol. The minimum atomic E-state index is -1.66. The van der Waals surface area contributed by atoms with E-state index in [0.717, 1.165) is 19.3 Å². The van der Waals surface area contributed by atoms with Crippen LogP contribution in [0.15, 0.2) is 0 Å². The third-order valence-corrected chi connectivity index (χ3v) is 16.2. The molecule has 0 saturated heterocycles. The van der Waals surface area contributed by atoms with Crippen molar-refractivity contribution in [3.05, 3.63) is 0 Å². The molecule has 0 bridgehead atoms. The summed E-state index contributed by atoms with van der Waals surface area (Å²) < 4.78 is 16.4. The summed E-state index contributed by atoms with van der Waals surface area (Å²) in [5.41, 5.74) is 0. The smallest absolute Gasteiger partial charge is 0.305 e. The van der Waals surface area contributed by atoms with Crippen LogP contribution in [0.25, 0.3) is 0 Å². The van der Waals surface area contributed by atoms with Crippen LogP contribution >= 0.6 is 0 Å². The minimum absolute atomic E-state index is 0. The van der Waals surface area contributed by atoms with Crippen molar-refractivity contribution in [2.24, 2.45) is 0 Å². The van der Waals surface area contributed by atoms with E-state index in [1.807, 2.05) is 0 Å². The number of hydrogen-bond donors (Lipinski definition) is 0. The molecule has 0 aliphatic heterocycles. The van der Waals surface area contributed by atoms with Crippen LogP contribution in [-0.4, -0.2) is 47.8 Å². The molecule has 0 aliphatic carbocycles. The molecular formula is C32H68O5Si2. The lowest BCUT2D eigenvalue weighted by atomic mass is 10.1. The number of carbonyl (C=O) groups is 2. The van der Waals surface area contributed by atoms with Gasteiger partial charge in [-0.05, 0) is 45.8 Å². The predicted octanol–water partition coefficient (Wildman–Crippen LogP) is 10.2. The van der Waals surface area contributed by atoms with E-state index in [4.69, 9.17) is 13.9 Å². The first-order valence-corrected chi connectivity index (χ1v) is 22.1. The molecule has 0 N–H and O–H groups in total. The zero-order valence-corrected chi connectivity index (χ0v) is 28.5. The zero-order chi connectivity index (χ0) is 28.8. The molecule has 0 rings (SSSR count). The molecule has 0 radical (unpaired) electrons. The lowest BCUT2D eigenvalue weighted by Gasteiger charge is -2.45. The molecule has 0 spiro atoms. The number of unbranched alkanes of at least 4 members (excludes halogenated alkanes) is 15. The Morgan fingerprint density at radius 2 is 1.08 bits per heavy atom. The SMILES string of the molecule is C.COC(=O)CCCCCCCCCC[Si](C)(C)C(C)(C)O[Si](C)(C)CCCCCCCCCCCOC=O. The largest absolute Gasteiger partial charge is 0.469 e. The summed E-state index contributed by atoms with van der Waals surface area (Å²) in [7, 11) is -1.68. The van der Waals surface area contributed by atoms with Gasteiger partial charge in [0.05, 0.1) is 21.8 Å². The van der Waals surface area contributed by atoms with Gasteiger partial charge in [0.25, 0.3) is 6.47 Å². The summed E-state index contributed by atoms with van der Waals surface area (Å²) in [5, 5.41) is 0.0408. The lowest BCUT2D eigenvalue weighted by Crippen LogP contribution is -2.56. The van der Waals surface area contributed by atoms with Crippen LogP contribution in [0.3, 0.4) is 0 Å². The highest BCUT2D eigenvalue weighted by Crippen LogP contribution is 2.34. The maximum atomic E-state index is 11.1. The van der Waals surface area contributed by atoms with E-state index in [-0.39, 0.29) is 18.6 Å². The Balaban J connectivity index is 0. The van der Waals surface area contributed by atoms with Gasteiger partial charge < -0.3 is 13.9 Å². The fourth-order valence-electron chi connectivity index (χ4n) is 5.20. The lowest BCUT2D eigenvalue weighted by molar-refractivity contribution is -0.140. The summed E-state index contributed by atoms with van der Waals surface area (Å²) in [6.07, 6.45) is 21.9. The Kier molecular flexibility index (Phi) is 24.9. The number of esters is 1. The molecule has 0 atom stereocenters. The second-order valence-corrected chi connectivity index (χ2v) is 22.8. The summed E-state index contributed by atoms with van der Waals surface area (Å²) >= 11 is 0. The Morgan fingerprint density at radius 3 is 1.54 bits per heavy atom.